The SMILES string of the molecule is CC1(C)C(C=C(Cl)Cl)C1C(=O)OCc1cccc2c1oc1ccccc12. The zero-order valence-corrected chi connectivity index (χ0v) is 16.0. The zero-order valence-electron chi connectivity index (χ0n) is 14.5. The van der Waals surface area contributed by atoms with Crippen LogP contribution in [0, 0.1) is 17.3 Å². The van der Waals surface area contributed by atoms with E-state index in [4.69, 9.17) is 32.4 Å². The second-order valence-electron chi connectivity index (χ2n) is 7.28. The molecule has 1 saturated carbocycles. The fourth-order valence-electron chi connectivity index (χ4n) is 3.73. The average Bonchev–Trinajstić information content (AvgIpc) is 2.96. The topological polar surface area (TPSA) is 39.4 Å². The number of ether oxygens (including phenoxy) is 1. The fraction of sp³-hybridized carbons (Fsp3) is 0.286. The van der Waals surface area contributed by atoms with Crippen molar-refractivity contribution in [1.82, 2.24) is 0 Å². The van der Waals surface area contributed by atoms with Crippen molar-refractivity contribution in [2.75, 3.05) is 0 Å². The number of benzene rings is 2. The molecule has 1 aliphatic carbocycles. The number of esters is 1. The lowest BCUT2D eigenvalue weighted by Crippen LogP contribution is -2.10. The number of hydrogen-bond donors (Lipinski definition) is 0. The monoisotopic (exact) mass is 388 g/mol. The second-order valence-corrected chi connectivity index (χ2v) is 8.29. The molecule has 0 radical (unpaired) electrons. The van der Waals surface area contributed by atoms with Gasteiger partial charge in [0.1, 0.15) is 22.3 Å². The Labute approximate surface area is 161 Å². The van der Waals surface area contributed by atoms with Gasteiger partial charge in [0.2, 0.25) is 0 Å². The Morgan fingerprint density at radius 1 is 1.15 bits per heavy atom. The molecule has 1 heterocycles. The van der Waals surface area contributed by atoms with Gasteiger partial charge >= 0.3 is 5.97 Å². The van der Waals surface area contributed by atoms with E-state index in [1.54, 1.807) is 6.08 Å². The van der Waals surface area contributed by atoms with Gasteiger partial charge in [-0.05, 0) is 23.5 Å². The van der Waals surface area contributed by atoms with E-state index >= 15 is 0 Å². The minimum Gasteiger partial charge on any atom is -0.460 e. The van der Waals surface area contributed by atoms with Crippen molar-refractivity contribution < 1.29 is 13.9 Å². The molecule has 3 nitrogen and oxygen atoms in total. The summed E-state index contributed by atoms with van der Waals surface area (Å²) in [6.45, 7) is 4.20. The Kier molecular flexibility index (Phi) is 4.25. The number of allylic oxidation sites excluding steroid dienone is 1. The lowest BCUT2D eigenvalue weighted by atomic mass is 10.1. The molecule has 2 atom stereocenters. The number of carbonyl (C=O) groups is 1. The number of para-hydroxylation sites is 2. The molecule has 0 spiro atoms. The molecule has 0 saturated heterocycles. The smallest absolute Gasteiger partial charge is 0.310 e. The van der Waals surface area contributed by atoms with Crippen LogP contribution in [-0.4, -0.2) is 5.97 Å². The number of fused-ring (bicyclic) bond motifs is 3. The van der Waals surface area contributed by atoms with Crippen LogP contribution < -0.4 is 0 Å². The average molecular weight is 389 g/mol. The summed E-state index contributed by atoms with van der Waals surface area (Å²) >= 11 is 11.5. The van der Waals surface area contributed by atoms with Crippen LogP contribution >= 0.6 is 23.2 Å². The van der Waals surface area contributed by atoms with Crippen LogP contribution in [-0.2, 0) is 16.1 Å². The molecule has 0 bridgehead atoms. The second kappa shape index (κ2) is 6.33. The van der Waals surface area contributed by atoms with Crippen LogP contribution in [0.15, 0.2) is 57.4 Å². The minimum absolute atomic E-state index is 0.00185. The Bertz CT molecular complexity index is 1030. The number of furan rings is 1. The van der Waals surface area contributed by atoms with Crippen molar-refractivity contribution in [2.24, 2.45) is 17.3 Å². The quantitative estimate of drug-likeness (QED) is 0.497. The van der Waals surface area contributed by atoms with E-state index in [2.05, 4.69) is 0 Å². The maximum absolute atomic E-state index is 12.5. The van der Waals surface area contributed by atoms with Gasteiger partial charge in [-0.15, -0.1) is 0 Å². The molecule has 0 N–H and O–H groups in total. The van der Waals surface area contributed by atoms with Crippen LogP contribution in [0.5, 0.6) is 0 Å². The van der Waals surface area contributed by atoms with Crippen molar-refractivity contribution in [3.63, 3.8) is 0 Å². The summed E-state index contributed by atoms with van der Waals surface area (Å²) in [5, 5.41) is 2.08. The molecule has 1 aliphatic rings. The van der Waals surface area contributed by atoms with Crippen molar-refractivity contribution >= 4 is 51.1 Å². The molecule has 0 aliphatic heterocycles. The molecule has 134 valence electrons. The van der Waals surface area contributed by atoms with Crippen LogP contribution in [0.4, 0.5) is 0 Å². The third-order valence-electron chi connectivity index (χ3n) is 5.33. The molecule has 1 fully saturated rings. The Morgan fingerprint density at radius 2 is 1.88 bits per heavy atom. The first-order chi connectivity index (χ1) is 12.4. The lowest BCUT2D eigenvalue weighted by Gasteiger charge is -2.06. The Hall–Kier alpha value is -1.97. The van der Waals surface area contributed by atoms with Crippen molar-refractivity contribution in [3.8, 4) is 0 Å². The van der Waals surface area contributed by atoms with Crippen molar-refractivity contribution in [3.05, 3.63) is 58.6 Å². The van der Waals surface area contributed by atoms with E-state index in [1.807, 2.05) is 56.3 Å². The molecular formula is C21H18Cl2O3. The minimum atomic E-state index is -0.237. The normalized spacial score (nSPS) is 20.9. The molecule has 1 aromatic heterocycles. The van der Waals surface area contributed by atoms with E-state index in [1.165, 1.54) is 0 Å². The maximum atomic E-state index is 12.5. The summed E-state index contributed by atoms with van der Waals surface area (Å²) in [7, 11) is 0. The highest BCUT2D eigenvalue weighted by molar-refractivity contribution is 6.55. The molecule has 3 aromatic rings. The standard InChI is InChI=1S/C21H18Cl2O3/c1-21(2)15(10-17(22)23)18(21)20(24)25-11-12-6-5-8-14-13-7-3-4-9-16(13)26-19(12)14/h3-10,15,18H,11H2,1-2H3. The highest BCUT2D eigenvalue weighted by Gasteiger charge is 2.61. The summed E-state index contributed by atoms with van der Waals surface area (Å²) in [4.78, 5) is 12.5. The van der Waals surface area contributed by atoms with Crippen molar-refractivity contribution in [1.29, 1.82) is 0 Å². The predicted molar refractivity (Wildman–Crippen MR) is 104 cm³/mol. The first kappa shape index (κ1) is 17.4. The third-order valence-corrected chi connectivity index (χ3v) is 5.58. The Balaban J connectivity index is 1.55. The van der Waals surface area contributed by atoms with Gasteiger partial charge in [-0.2, -0.15) is 0 Å². The zero-order chi connectivity index (χ0) is 18.5. The van der Waals surface area contributed by atoms with Crippen molar-refractivity contribution in [2.45, 2.75) is 20.5 Å². The molecular weight excluding hydrogens is 371 g/mol. The number of halogens is 2. The first-order valence-corrected chi connectivity index (χ1v) is 9.24. The lowest BCUT2D eigenvalue weighted by molar-refractivity contribution is -0.147. The number of hydrogen-bond acceptors (Lipinski definition) is 3. The number of rotatable bonds is 4. The van der Waals surface area contributed by atoms with Crippen LogP contribution in [0.1, 0.15) is 19.4 Å². The maximum Gasteiger partial charge on any atom is 0.310 e. The van der Waals surface area contributed by atoms with E-state index in [0.717, 1.165) is 27.5 Å². The molecule has 2 unspecified atom stereocenters. The molecule has 2 aromatic carbocycles. The van der Waals surface area contributed by atoms with Gasteiger partial charge in [0, 0.05) is 16.3 Å². The molecule has 26 heavy (non-hydrogen) atoms. The van der Waals surface area contributed by atoms with E-state index < -0.39 is 0 Å². The Morgan fingerprint density at radius 3 is 2.65 bits per heavy atom. The summed E-state index contributed by atoms with van der Waals surface area (Å²) in [6.07, 6.45) is 1.72. The van der Waals surface area contributed by atoms with E-state index in [0.29, 0.717) is 0 Å². The van der Waals surface area contributed by atoms with Gasteiger partial charge in [-0.3, -0.25) is 4.79 Å². The predicted octanol–water partition coefficient (Wildman–Crippen LogP) is 6.22. The summed E-state index contributed by atoms with van der Waals surface area (Å²) in [5.41, 5.74) is 2.24. The van der Waals surface area contributed by atoms with Gasteiger partial charge in [-0.1, -0.05) is 73.4 Å². The summed E-state index contributed by atoms with van der Waals surface area (Å²) in [5.74, 6) is -0.467. The van der Waals surface area contributed by atoms with Gasteiger partial charge in [0.25, 0.3) is 0 Å². The van der Waals surface area contributed by atoms with Gasteiger partial charge in [0.05, 0.1) is 5.92 Å². The van der Waals surface area contributed by atoms with Gasteiger partial charge in [0.15, 0.2) is 0 Å². The summed E-state index contributed by atoms with van der Waals surface area (Å²) in [6, 6.07) is 13.8. The first-order valence-electron chi connectivity index (χ1n) is 8.48. The molecule has 5 heteroatoms. The molecule has 0 amide bonds. The molecule has 4 rings (SSSR count). The van der Waals surface area contributed by atoms with E-state index in [9.17, 15) is 4.79 Å². The van der Waals surface area contributed by atoms with Gasteiger partial charge < -0.3 is 9.15 Å². The third kappa shape index (κ3) is 2.89. The highest BCUT2D eigenvalue weighted by Crippen LogP contribution is 2.60. The highest BCUT2D eigenvalue weighted by atomic mass is 35.5. The largest absolute Gasteiger partial charge is 0.460 e. The van der Waals surface area contributed by atoms with E-state index in [-0.39, 0.29) is 34.3 Å². The number of carbonyl (C=O) groups excluding carboxylic acids is 1. The van der Waals surface area contributed by atoms with Crippen LogP contribution in [0.25, 0.3) is 21.9 Å². The summed E-state index contributed by atoms with van der Waals surface area (Å²) < 4.78 is 11.7. The van der Waals surface area contributed by atoms with Crippen LogP contribution in [0.3, 0.4) is 0 Å². The fourth-order valence-corrected chi connectivity index (χ4v) is 4.00. The van der Waals surface area contributed by atoms with Crippen LogP contribution in [0.2, 0.25) is 0 Å². The van der Waals surface area contributed by atoms with Gasteiger partial charge in [-0.25, -0.2) is 0 Å².